The smallest absolute Gasteiger partial charge is 0.410 e. The summed E-state index contributed by atoms with van der Waals surface area (Å²) in [5, 5.41) is 4.38. The van der Waals surface area contributed by atoms with E-state index in [0.717, 1.165) is 24.0 Å². The second-order valence-electron chi connectivity index (χ2n) is 8.47. The van der Waals surface area contributed by atoms with Crippen LogP contribution in [0.4, 0.5) is 4.79 Å². The fraction of sp³-hybridized carbons (Fsp3) is 0.500. The van der Waals surface area contributed by atoms with Crippen LogP contribution in [0.5, 0.6) is 0 Å². The average molecular weight is 415 g/mol. The lowest BCUT2D eigenvalue weighted by Crippen LogP contribution is -2.43. The predicted molar refractivity (Wildman–Crippen MR) is 113 cm³/mol. The number of primary amides is 1. The van der Waals surface area contributed by atoms with Crippen molar-refractivity contribution in [2.45, 2.75) is 51.9 Å². The van der Waals surface area contributed by atoms with Crippen LogP contribution in [-0.4, -0.2) is 58.1 Å². The Morgan fingerprint density at radius 2 is 1.80 bits per heavy atom. The molecule has 1 aromatic carbocycles. The molecule has 1 aromatic heterocycles. The van der Waals surface area contributed by atoms with Crippen LogP contribution in [0.3, 0.4) is 0 Å². The summed E-state index contributed by atoms with van der Waals surface area (Å²) in [6.45, 7) is 8.11. The molecule has 1 fully saturated rings. The molecule has 0 unspecified atom stereocenters. The van der Waals surface area contributed by atoms with Gasteiger partial charge in [0.2, 0.25) is 5.91 Å². The number of amides is 2. The molecular formula is C22H30N4O4. The molecule has 1 saturated heterocycles. The molecule has 2 aromatic rings. The van der Waals surface area contributed by atoms with Crippen LogP contribution in [-0.2, 0) is 16.0 Å². The number of piperidine rings is 1. The van der Waals surface area contributed by atoms with E-state index >= 15 is 0 Å². The lowest BCUT2D eigenvalue weighted by Gasteiger charge is -2.33. The molecule has 8 heteroatoms. The van der Waals surface area contributed by atoms with Crippen LogP contribution in [0.15, 0.2) is 36.7 Å². The van der Waals surface area contributed by atoms with Crippen molar-refractivity contribution in [3.05, 3.63) is 42.2 Å². The number of benzene rings is 1. The van der Waals surface area contributed by atoms with Gasteiger partial charge >= 0.3 is 6.09 Å². The van der Waals surface area contributed by atoms with Gasteiger partial charge in [-0.25, -0.2) is 4.79 Å². The minimum atomic E-state index is -0.475. The van der Waals surface area contributed by atoms with Gasteiger partial charge in [0, 0.05) is 30.4 Å². The van der Waals surface area contributed by atoms with E-state index in [2.05, 4.69) is 5.10 Å². The largest absolute Gasteiger partial charge is 0.444 e. The number of carbonyl (C=O) groups is 2. The highest BCUT2D eigenvalue weighted by atomic mass is 16.6. The summed E-state index contributed by atoms with van der Waals surface area (Å²) in [4.78, 5) is 25.0. The molecule has 2 N–H and O–H groups in total. The van der Waals surface area contributed by atoms with Crippen LogP contribution < -0.4 is 5.73 Å². The maximum Gasteiger partial charge on any atom is 0.410 e. The van der Waals surface area contributed by atoms with Gasteiger partial charge in [-0.1, -0.05) is 12.1 Å². The SMILES string of the molecule is CC(C)(C)OC(=O)N1CCC(OCCn2cc(-c3ccc(C(N)=O)cc3)cn2)CC1. The van der Waals surface area contributed by atoms with Crippen molar-refractivity contribution in [2.24, 2.45) is 5.73 Å². The van der Waals surface area contributed by atoms with Crippen LogP contribution in [0.2, 0.25) is 0 Å². The third-order valence-corrected chi connectivity index (χ3v) is 4.90. The summed E-state index contributed by atoms with van der Waals surface area (Å²) in [7, 11) is 0. The first-order chi connectivity index (χ1) is 14.2. The molecule has 0 radical (unpaired) electrons. The molecule has 0 bridgehead atoms. The van der Waals surface area contributed by atoms with Gasteiger partial charge in [-0.2, -0.15) is 5.10 Å². The molecule has 30 heavy (non-hydrogen) atoms. The molecular weight excluding hydrogens is 384 g/mol. The van der Waals surface area contributed by atoms with Crippen LogP contribution >= 0.6 is 0 Å². The van der Waals surface area contributed by atoms with Gasteiger partial charge in [-0.3, -0.25) is 9.48 Å². The Kier molecular flexibility index (Phi) is 6.77. The maximum atomic E-state index is 12.1. The van der Waals surface area contributed by atoms with Crippen LogP contribution in [0, 0.1) is 0 Å². The summed E-state index contributed by atoms with van der Waals surface area (Å²) in [6, 6.07) is 7.14. The Balaban J connectivity index is 1.41. The zero-order valence-electron chi connectivity index (χ0n) is 17.8. The Morgan fingerprint density at radius 1 is 1.13 bits per heavy atom. The number of carbonyl (C=O) groups excluding carboxylic acids is 2. The minimum absolute atomic E-state index is 0.139. The highest BCUT2D eigenvalue weighted by molar-refractivity contribution is 5.93. The third-order valence-electron chi connectivity index (χ3n) is 4.90. The van der Waals surface area contributed by atoms with E-state index < -0.39 is 11.5 Å². The van der Waals surface area contributed by atoms with Crippen molar-refractivity contribution in [3.63, 3.8) is 0 Å². The molecule has 0 saturated carbocycles. The summed E-state index contributed by atoms with van der Waals surface area (Å²) < 4.78 is 13.2. The van der Waals surface area contributed by atoms with E-state index in [1.807, 2.05) is 43.8 Å². The molecule has 1 aliphatic heterocycles. The first kappa shape index (κ1) is 21.8. The number of nitrogens with zero attached hydrogens (tertiary/aromatic N) is 3. The highest BCUT2D eigenvalue weighted by Crippen LogP contribution is 2.20. The van der Waals surface area contributed by atoms with E-state index in [4.69, 9.17) is 15.2 Å². The summed E-state index contributed by atoms with van der Waals surface area (Å²) in [5.74, 6) is -0.439. The number of rotatable bonds is 6. The molecule has 0 aliphatic carbocycles. The molecule has 1 aliphatic rings. The van der Waals surface area contributed by atoms with Gasteiger partial charge in [0.25, 0.3) is 0 Å². The van der Waals surface area contributed by atoms with Gasteiger partial charge < -0.3 is 20.1 Å². The topological polar surface area (TPSA) is 99.7 Å². The number of hydrogen-bond donors (Lipinski definition) is 1. The fourth-order valence-electron chi connectivity index (χ4n) is 3.31. The molecule has 0 spiro atoms. The Bertz CT molecular complexity index is 862. The molecule has 2 amide bonds. The third kappa shape index (κ3) is 6.06. The van der Waals surface area contributed by atoms with E-state index in [1.54, 1.807) is 23.2 Å². The van der Waals surface area contributed by atoms with Crippen molar-refractivity contribution in [3.8, 4) is 11.1 Å². The van der Waals surface area contributed by atoms with Crippen molar-refractivity contribution in [1.29, 1.82) is 0 Å². The van der Waals surface area contributed by atoms with Crippen LogP contribution in [0.25, 0.3) is 11.1 Å². The normalized spacial score (nSPS) is 15.2. The summed E-state index contributed by atoms with van der Waals surface area (Å²) in [6.07, 6.45) is 5.23. The maximum absolute atomic E-state index is 12.1. The number of ether oxygens (including phenoxy) is 2. The molecule has 0 atom stereocenters. The second-order valence-corrected chi connectivity index (χ2v) is 8.47. The quantitative estimate of drug-likeness (QED) is 0.783. The minimum Gasteiger partial charge on any atom is -0.444 e. The van der Waals surface area contributed by atoms with Crippen molar-refractivity contribution >= 4 is 12.0 Å². The van der Waals surface area contributed by atoms with Gasteiger partial charge in [0.05, 0.1) is 25.5 Å². The standard InChI is InChI=1S/C22H30N4O4/c1-22(2,3)30-21(28)25-10-8-19(9-11-25)29-13-12-26-15-18(14-24-26)16-4-6-17(7-5-16)20(23)27/h4-7,14-15,19H,8-13H2,1-3H3,(H2,23,27). The molecule has 3 rings (SSSR count). The Labute approximate surface area is 176 Å². The van der Waals surface area contributed by atoms with E-state index in [1.165, 1.54) is 0 Å². The van der Waals surface area contributed by atoms with Crippen molar-refractivity contribution in [1.82, 2.24) is 14.7 Å². The number of likely N-dealkylation sites (tertiary alicyclic amines) is 1. The zero-order valence-corrected chi connectivity index (χ0v) is 17.8. The number of aromatic nitrogens is 2. The van der Waals surface area contributed by atoms with Crippen molar-refractivity contribution < 1.29 is 19.1 Å². The first-order valence-corrected chi connectivity index (χ1v) is 10.2. The Morgan fingerprint density at radius 3 is 2.40 bits per heavy atom. The summed E-state index contributed by atoms with van der Waals surface area (Å²) >= 11 is 0. The number of nitrogens with two attached hydrogens (primary N) is 1. The zero-order chi connectivity index (χ0) is 21.7. The Hall–Kier alpha value is -2.87. The van der Waals surface area contributed by atoms with Crippen LogP contribution in [0.1, 0.15) is 44.0 Å². The average Bonchev–Trinajstić information content (AvgIpc) is 3.16. The lowest BCUT2D eigenvalue weighted by molar-refractivity contribution is -0.0135. The number of hydrogen-bond acceptors (Lipinski definition) is 5. The van der Waals surface area contributed by atoms with E-state index in [9.17, 15) is 9.59 Å². The molecule has 2 heterocycles. The van der Waals surface area contributed by atoms with E-state index in [-0.39, 0.29) is 12.2 Å². The second kappa shape index (κ2) is 9.30. The molecule has 162 valence electrons. The summed E-state index contributed by atoms with van der Waals surface area (Å²) in [5.41, 5.74) is 7.23. The first-order valence-electron chi connectivity index (χ1n) is 10.2. The monoisotopic (exact) mass is 414 g/mol. The molecule has 8 nitrogen and oxygen atoms in total. The predicted octanol–water partition coefficient (Wildman–Crippen LogP) is 3.07. The van der Waals surface area contributed by atoms with Gasteiger partial charge in [-0.05, 0) is 51.3 Å². The lowest BCUT2D eigenvalue weighted by atomic mass is 10.1. The van der Waals surface area contributed by atoms with Crippen molar-refractivity contribution in [2.75, 3.05) is 19.7 Å². The van der Waals surface area contributed by atoms with E-state index in [0.29, 0.717) is 31.8 Å². The fourth-order valence-corrected chi connectivity index (χ4v) is 3.31. The van der Waals surface area contributed by atoms with Gasteiger partial charge in [0.15, 0.2) is 0 Å². The van der Waals surface area contributed by atoms with Gasteiger partial charge in [-0.15, -0.1) is 0 Å². The highest BCUT2D eigenvalue weighted by Gasteiger charge is 2.27. The van der Waals surface area contributed by atoms with Gasteiger partial charge in [0.1, 0.15) is 5.60 Å².